The van der Waals surface area contributed by atoms with Gasteiger partial charge in [-0.1, -0.05) is 6.92 Å². The number of nitrogens with zero attached hydrogens (tertiary/aromatic N) is 2. The molecular formula is C6H8N2. The van der Waals surface area contributed by atoms with Crippen molar-refractivity contribution in [1.29, 1.82) is 0 Å². The van der Waals surface area contributed by atoms with Crippen LogP contribution in [0.25, 0.3) is 0 Å². The largest absolute Gasteiger partial charge is 0.159 e. The summed E-state index contributed by atoms with van der Waals surface area (Å²) < 4.78 is 0. The van der Waals surface area contributed by atoms with Crippen molar-refractivity contribution in [1.82, 2.24) is 10.2 Å². The molecule has 0 amide bonds. The van der Waals surface area contributed by atoms with Crippen LogP contribution >= 0.6 is 0 Å². The monoisotopic (exact) mass is 108 g/mol. The first-order valence-electron chi connectivity index (χ1n) is 2.69. The molecule has 0 aliphatic rings. The molecular weight excluding hydrogens is 100 g/mol. The maximum Gasteiger partial charge on any atom is 0.0528 e. The quantitative estimate of drug-likeness (QED) is 0.537. The highest BCUT2D eigenvalue weighted by atomic mass is 15.1. The first-order chi connectivity index (χ1) is 3.93. The van der Waals surface area contributed by atoms with E-state index in [1.54, 1.807) is 12.4 Å². The maximum absolute atomic E-state index is 3.71. The molecule has 1 rings (SSSR count). The van der Waals surface area contributed by atoms with Gasteiger partial charge in [-0.15, -0.1) is 0 Å². The molecule has 0 aliphatic heterocycles. The summed E-state index contributed by atoms with van der Waals surface area (Å²) in [6.07, 6.45) is 4.52. The Kier molecular flexibility index (Phi) is 1.57. The summed E-state index contributed by atoms with van der Waals surface area (Å²) in [5, 5.41) is 7.35. The zero-order valence-corrected chi connectivity index (χ0v) is 4.83. The number of aryl methyl sites for hydroxylation is 1. The van der Waals surface area contributed by atoms with Gasteiger partial charge in [0, 0.05) is 6.20 Å². The fraction of sp³-hybridized carbons (Fsp3) is 0.333. The molecule has 0 fully saturated rings. The molecule has 0 atom stereocenters. The molecule has 0 N–H and O–H groups in total. The summed E-state index contributed by atoms with van der Waals surface area (Å²) in [5.74, 6) is 0. The predicted octanol–water partition coefficient (Wildman–Crippen LogP) is 1.04. The summed E-state index contributed by atoms with van der Waals surface area (Å²) in [7, 11) is 0. The number of hydrogen-bond acceptors (Lipinski definition) is 2. The Labute approximate surface area is 48.6 Å². The van der Waals surface area contributed by atoms with Crippen molar-refractivity contribution in [3.63, 3.8) is 0 Å². The highest BCUT2D eigenvalue weighted by Gasteiger charge is 1.82. The zero-order valence-electron chi connectivity index (χ0n) is 4.83. The average molecular weight is 108 g/mol. The van der Waals surface area contributed by atoms with Gasteiger partial charge in [0.1, 0.15) is 0 Å². The molecule has 0 saturated carbocycles. The van der Waals surface area contributed by atoms with E-state index in [1.165, 1.54) is 5.56 Å². The summed E-state index contributed by atoms with van der Waals surface area (Å²) in [6.45, 7) is 2.09. The second-order valence-electron chi connectivity index (χ2n) is 1.60. The van der Waals surface area contributed by atoms with Crippen molar-refractivity contribution >= 4 is 0 Å². The van der Waals surface area contributed by atoms with E-state index >= 15 is 0 Å². The number of hydrogen-bond donors (Lipinski definition) is 0. The summed E-state index contributed by atoms with van der Waals surface area (Å²) in [6, 6.07) is 1.97. The number of aromatic nitrogens is 2. The third kappa shape index (κ3) is 1.03. The lowest BCUT2D eigenvalue weighted by Gasteiger charge is -1.87. The lowest BCUT2D eigenvalue weighted by atomic mass is 10.2. The minimum absolute atomic E-state index is 1.04. The van der Waals surface area contributed by atoms with Crippen molar-refractivity contribution in [3.05, 3.63) is 24.0 Å². The molecule has 0 aromatic carbocycles. The predicted molar refractivity (Wildman–Crippen MR) is 31.4 cm³/mol. The molecule has 1 heterocycles. The molecule has 1 aromatic rings. The Bertz CT molecular complexity index is 148. The summed E-state index contributed by atoms with van der Waals surface area (Å²) in [5.41, 5.74) is 1.24. The highest BCUT2D eigenvalue weighted by molar-refractivity contribution is 5.03. The Morgan fingerprint density at radius 1 is 1.50 bits per heavy atom. The van der Waals surface area contributed by atoms with Gasteiger partial charge in [0.15, 0.2) is 0 Å². The van der Waals surface area contributed by atoms with Crippen LogP contribution in [0.2, 0.25) is 0 Å². The van der Waals surface area contributed by atoms with Gasteiger partial charge in [-0.2, -0.15) is 10.2 Å². The molecule has 0 unspecified atom stereocenters. The van der Waals surface area contributed by atoms with Gasteiger partial charge in [0.05, 0.1) is 6.20 Å². The van der Waals surface area contributed by atoms with E-state index in [9.17, 15) is 0 Å². The van der Waals surface area contributed by atoms with Gasteiger partial charge in [0.25, 0.3) is 0 Å². The van der Waals surface area contributed by atoms with Gasteiger partial charge < -0.3 is 0 Å². The maximum atomic E-state index is 3.71. The molecule has 0 radical (unpaired) electrons. The topological polar surface area (TPSA) is 25.8 Å². The van der Waals surface area contributed by atoms with E-state index in [0.717, 1.165) is 6.42 Å². The van der Waals surface area contributed by atoms with Crippen LogP contribution in [0.1, 0.15) is 12.5 Å². The summed E-state index contributed by atoms with van der Waals surface area (Å²) in [4.78, 5) is 0. The smallest absolute Gasteiger partial charge is 0.0528 e. The lowest BCUT2D eigenvalue weighted by molar-refractivity contribution is 0.983. The van der Waals surface area contributed by atoms with E-state index in [-0.39, 0.29) is 0 Å². The third-order valence-electron chi connectivity index (χ3n) is 1.05. The zero-order chi connectivity index (χ0) is 5.82. The second-order valence-corrected chi connectivity index (χ2v) is 1.60. The van der Waals surface area contributed by atoms with Gasteiger partial charge >= 0.3 is 0 Å². The Balaban J connectivity index is 2.83. The van der Waals surface area contributed by atoms with Crippen molar-refractivity contribution in [2.75, 3.05) is 0 Å². The van der Waals surface area contributed by atoms with Crippen LogP contribution in [0.4, 0.5) is 0 Å². The summed E-state index contributed by atoms with van der Waals surface area (Å²) >= 11 is 0. The molecule has 8 heavy (non-hydrogen) atoms. The van der Waals surface area contributed by atoms with Crippen molar-refractivity contribution < 1.29 is 0 Å². The van der Waals surface area contributed by atoms with Crippen LogP contribution < -0.4 is 0 Å². The van der Waals surface area contributed by atoms with Gasteiger partial charge in [0.2, 0.25) is 0 Å². The molecule has 2 nitrogen and oxygen atoms in total. The van der Waals surface area contributed by atoms with E-state index in [1.807, 2.05) is 6.07 Å². The van der Waals surface area contributed by atoms with Crippen molar-refractivity contribution in [2.45, 2.75) is 13.3 Å². The molecule has 2 heteroatoms. The van der Waals surface area contributed by atoms with Gasteiger partial charge in [-0.05, 0) is 18.1 Å². The molecule has 0 aliphatic carbocycles. The Morgan fingerprint density at radius 3 is 2.75 bits per heavy atom. The minimum Gasteiger partial charge on any atom is -0.159 e. The fourth-order valence-corrected chi connectivity index (χ4v) is 0.527. The average Bonchev–Trinajstić information content (AvgIpc) is 1.90. The van der Waals surface area contributed by atoms with Crippen LogP contribution in [0.5, 0.6) is 0 Å². The van der Waals surface area contributed by atoms with Crippen LogP contribution in [0, 0.1) is 0 Å². The molecule has 0 bridgehead atoms. The highest BCUT2D eigenvalue weighted by Crippen LogP contribution is 1.91. The third-order valence-corrected chi connectivity index (χ3v) is 1.05. The van der Waals surface area contributed by atoms with Crippen LogP contribution in [0.15, 0.2) is 18.5 Å². The van der Waals surface area contributed by atoms with Gasteiger partial charge in [-0.25, -0.2) is 0 Å². The molecule has 1 aromatic heterocycles. The van der Waals surface area contributed by atoms with Gasteiger partial charge in [-0.3, -0.25) is 0 Å². The van der Waals surface area contributed by atoms with Crippen LogP contribution in [0.3, 0.4) is 0 Å². The van der Waals surface area contributed by atoms with Crippen LogP contribution in [-0.4, -0.2) is 10.2 Å². The van der Waals surface area contributed by atoms with Crippen LogP contribution in [-0.2, 0) is 6.42 Å². The first-order valence-corrected chi connectivity index (χ1v) is 2.69. The normalized spacial score (nSPS) is 9.12. The Morgan fingerprint density at radius 2 is 2.38 bits per heavy atom. The standard InChI is InChI=1S/C6H8N2/c1-2-6-3-4-7-8-5-6/h3-5H,2H2,1H3. The molecule has 0 saturated heterocycles. The van der Waals surface area contributed by atoms with E-state index < -0.39 is 0 Å². The second kappa shape index (κ2) is 2.40. The molecule has 0 spiro atoms. The Hall–Kier alpha value is -0.920. The van der Waals surface area contributed by atoms with E-state index in [4.69, 9.17) is 0 Å². The first kappa shape index (κ1) is 5.22. The van der Waals surface area contributed by atoms with E-state index in [0.29, 0.717) is 0 Å². The van der Waals surface area contributed by atoms with Crippen molar-refractivity contribution in [2.24, 2.45) is 0 Å². The molecule has 42 valence electrons. The SMILES string of the molecule is CCc1ccnnc1. The fourth-order valence-electron chi connectivity index (χ4n) is 0.527. The van der Waals surface area contributed by atoms with Crippen molar-refractivity contribution in [3.8, 4) is 0 Å². The van der Waals surface area contributed by atoms with E-state index in [2.05, 4.69) is 17.1 Å². The minimum atomic E-state index is 1.04. The number of rotatable bonds is 1. The lowest BCUT2D eigenvalue weighted by Crippen LogP contribution is -1.82.